The number of morpholine rings is 1. The van der Waals surface area contributed by atoms with Gasteiger partial charge in [0.15, 0.2) is 0 Å². The molecule has 1 aromatic rings. The highest BCUT2D eigenvalue weighted by atomic mass is 16.5. The fourth-order valence-corrected chi connectivity index (χ4v) is 2.41. The highest BCUT2D eigenvalue weighted by Gasteiger charge is 2.23. The van der Waals surface area contributed by atoms with Gasteiger partial charge in [-0.05, 0) is 24.2 Å². The normalized spacial score (nSPS) is 24.5. The molecule has 1 atom stereocenters. The van der Waals surface area contributed by atoms with Crippen molar-refractivity contribution in [3.05, 3.63) is 29.3 Å². The predicted molar refractivity (Wildman–Crippen MR) is 65.0 cm³/mol. The van der Waals surface area contributed by atoms with E-state index in [9.17, 15) is 4.79 Å². The standard InChI is InChI=1S/C13H16N2O2/c1-15-4-5-17-12(8-15)10-3-2-9-7-13(16)14-11(9)6-10/h2-3,6,12H,4-5,7-8H2,1H3,(H,14,16). The predicted octanol–water partition coefficient (Wildman–Crippen LogP) is 1.18. The summed E-state index contributed by atoms with van der Waals surface area (Å²) in [5.74, 6) is 0.0823. The summed E-state index contributed by atoms with van der Waals surface area (Å²) < 4.78 is 5.77. The number of ether oxygens (including phenoxy) is 1. The molecule has 1 N–H and O–H groups in total. The van der Waals surface area contributed by atoms with Crippen LogP contribution in [0, 0.1) is 0 Å². The molecule has 0 aliphatic carbocycles. The van der Waals surface area contributed by atoms with Gasteiger partial charge in [0, 0.05) is 18.8 Å². The monoisotopic (exact) mass is 232 g/mol. The largest absolute Gasteiger partial charge is 0.371 e. The van der Waals surface area contributed by atoms with Crippen LogP contribution >= 0.6 is 0 Å². The van der Waals surface area contributed by atoms with Gasteiger partial charge in [0.05, 0.1) is 19.1 Å². The van der Waals surface area contributed by atoms with Gasteiger partial charge in [-0.3, -0.25) is 4.79 Å². The molecule has 1 saturated heterocycles. The maximum absolute atomic E-state index is 11.3. The van der Waals surface area contributed by atoms with Crippen LogP contribution in [0.4, 0.5) is 5.69 Å². The fraction of sp³-hybridized carbons (Fsp3) is 0.462. The van der Waals surface area contributed by atoms with Crippen LogP contribution < -0.4 is 5.32 Å². The average molecular weight is 232 g/mol. The lowest BCUT2D eigenvalue weighted by molar-refractivity contribution is -0.115. The van der Waals surface area contributed by atoms with E-state index in [1.165, 1.54) is 0 Å². The molecule has 1 unspecified atom stereocenters. The molecule has 0 aromatic heterocycles. The zero-order valence-electron chi connectivity index (χ0n) is 9.90. The first kappa shape index (κ1) is 10.7. The quantitative estimate of drug-likeness (QED) is 0.790. The number of fused-ring (bicyclic) bond motifs is 1. The van der Waals surface area contributed by atoms with Gasteiger partial charge in [-0.25, -0.2) is 0 Å². The van der Waals surface area contributed by atoms with E-state index >= 15 is 0 Å². The van der Waals surface area contributed by atoms with Gasteiger partial charge in [0.2, 0.25) is 5.91 Å². The Morgan fingerprint density at radius 1 is 1.47 bits per heavy atom. The molecule has 0 radical (unpaired) electrons. The van der Waals surface area contributed by atoms with Crippen LogP contribution in [0.25, 0.3) is 0 Å². The van der Waals surface area contributed by atoms with E-state index in [2.05, 4.69) is 23.3 Å². The molecular weight excluding hydrogens is 216 g/mol. The minimum atomic E-state index is 0.0823. The Morgan fingerprint density at radius 3 is 3.18 bits per heavy atom. The van der Waals surface area contributed by atoms with E-state index in [1.807, 2.05) is 12.1 Å². The minimum absolute atomic E-state index is 0.0823. The highest BCUT2D eigenvalue weighted by molar-refractivity contribution is 5.99. The zero-order valence-corrected chi connectivity index (χ0v) is 9.90. The third-order valence-electron chi connectivity index (χ3n) is 3.40. The van der Waals surface area contributed by atoms with Gasteiger partial charge in [-0.1, -0.05) is 12.1 Å². The van der Waals surface area contributed by atoms with Crippen LogP contribution in [0.3, 0.4) is 0 Å². The molecule has 2 aliphatic heterocycles. The van der Waals surface area contributed by atoms with Gasteiger partial charge in [-0.2, -0.15) is 0 Å². The van der Waals surface area contributed by atoms with E-state index in [1.54, 1.807) is 0 Å². The molecule has 2 heterocycles. The fourth-order valence-electron chi connectivity index (χ4n) is 2.41. The van der Waals surface area contributed by atoms with Crippen molar-refractivity contribution in [2.24, 2.45) is 0 Å². The summed E-state index contributed by atoms with van der Waals surface area (Å²) in [5, 5.41) is 2.88. The second kappa shape index (κ2) is 4.13. The number of nitrogens with zero attached hydrogens (tertiary/aromatic N) is 1. The molecule has 0 saturated carbocycles. The van der Waals surface area contributed by atoms with E-state index in [4.69, 9.17) is 4.74 Å². The summed E-state index contributed by atoms with van der Waals surface area (Å²) >= 11 is 0. The summed E-state index contributed by atoms with van der Waals surface area (Å²) in [6.07, 6.45) is 0.623. The number of hydrogen-bond acceptors (Lipinski definition) is 3. The summed E-state index contributed by atoms with van der Waals surface area (Å²) in [4.78, 5) is 13.6. The molecule has 90 valence electrons. The zero-order chi connectivity index (χ0) is 11.8. The number of anilines is 1. The van der Waals surface area contributed by atoms with Crippen molar-refractivity contribution >= 4 is 11.6 Å². The molecule has 1 amide bonds. The Morgan fingerprint density at radius 2 is 2.35 bits per heavy atom. The average Bonchev–Trinajstić information content (AvgIpc) is 2.68. The lowest BCUT2D eigenvalue weighted by atomic mass is 10.0. The van der Waals surface area contributed by atoms with Crippen molar-refractivity contribution < 1.29 is 9.53 Å². The number of amides is 1. The number of hydrogen-bond donors (Lipinski definition) is 1. The van der Waals surface area contributed by atoms with Gasteiger partial charge < -0.3 is 15.0 Å². The minimum Gasteiger partial charge on any atom is -0.371 e. The van der Waals surface area contributed by atoms with Gasteiger partial charge >= 0.3 is 0 Å². The summed E-state index contributed by atoms with van der Waals surface area (Å²) in [7, 11) is 2.10. The maximum atomic E-state index is 11.3. The van der Waals surface area contributed by atoms with E-state index < -0.39 is 0 Å². The maximum Gasteiger partial charge on any atom is 0.228 e. The molecule has 2 aliphatic rings. The second-order valence-electron chi connectivity index (χ2n) is 4.76. The van der Waals surface area contributed by atoms with E-state index in [0.717, 1.165) is 36.5 Å². The van der Waals surface area contributed by atoms with Crippen molar-refractivity contribution in [3.63, 3.8) is 0 Å². The van der Waals surface area contributed by atoms with Crippen LogP contribution in [0.15, 0.2) is 18.2 Å². The van der Waals surface area contributed by atoms with Crippen LogP contribution in [0.2, 0.25) is 0 Å². The van der Waals surface area contributed by atoms with Crippen molar-refractivity contribution in [1.29, 1.82) is 0 Å². The molecule has 4 nitrogen and oxygen atoms in total. The molecular formula is C13H16N2O2. The van der Waals surface area contributed by atoms with Crippen LogP contribution in [-0.4, -0.2) is 37.6 Å². The Bertz CT molecular complexity index is 459. The summed E-state index contributed by atoms with van der Waals surface area (Å²) in [6.45, 7) is 2.66. The summed E-state index contributed by atoms with van der Waals surface area (Å²) in [6, 6.07) is 6.15. The van der Waals surface area contributed by atoms with E-state index in [-0.39, 0.29) is 12.0 Å². The van der Waals surface area contributed by atoms with Crippen LogP contribution in [-0.2, 0) is 16.0 Å². The van der Waals surface area contributed by atoms with Crippen molar-refractivity contribution in [1.82, 2.24) is 4.90 Å². The first-order chi connectivity index (χ1) is 8.22. The van der Waals surface area contributed by atoms with Crippen LogP contribution in [0.5, 0.6) is 0 Å². The number of likely N-dealkylation sites (N-methyl/N-ethyl adjacent to an activating group) is 1. The molecule has 0 spiro atoms. The van der Waals surface area contributed by atoms with Crippen molar-refractivity contribution in [2.75, 3.05) is 32.1 Å². The molecule has 1 aromatic carbocycles. The Kier molecular flexibility index (Phi) is 2.61. The molecule has 3 rings (SSSR count). The second-order valence-corrected chi connectivity index (χ2v) is 4.76. The van der Waals surface area contributed by atoms with E-state index in [0.29, 0.717) is 6.42 Å². The number of rotatable bonds is 1. The smallest absolute Gasteiger partial charge is 0.228 e. The Balaban J connectivity index is 1.84. The number of benzene rings is 1. The Labute approximate surface area is 101 Å². The van der Waals surface area contributed by atoms with Gasteiger partial charge in [-0.15, -0.1) is 0 Å². The molecule has 1 fully saturated rings. The first-order valence-electron chi connectivity index (χ1n) is 5.95. The van der Waals surface area contributed by atoms with Gasteiger partial charge in [0.1, 0.15) is 0 Å². The topological polar surface area (TPSA) is 41.6 Å². The lowest BCUT2D eigenvalue weighted by Crippen LogP contribution is -2.35. The third kappa shape index (κ3) is 2.06. The third-order valence-corrected chi connectivity index (χ3v) is 3.40. The summed E-state index contributed by atoms with van der Waals surface area (Å²) in [5.41, 5.74) is 3.18. The number of carbonyl (C=O) groups is 1. The number of carbonyl (C=O) groups excluding carboxylic acids is 1. The SMILES string of the molecule is CN1CCOC(c2ccc3c(c2)NC(=O)C3)C1. The van der Waals surface area contributed by atoms with Gasteiger partial charge in [0.25, 0.3) is 0 Å². The first-order valence-corrected chi connectivity index (χ1v) is 5.95. The molecule has 0 bridgehead atoms. The lowest BCUT2D eigenvalue weighted by Gasteiger charge is -2.30. The Hall–Kier alpha value is -1.39. The number of nitrogens with one attached hydrogen (secondary N) is 1. The molecule has 17 heavy (non-hydrogen) atoms. The van der Waals surface area contributed by atoms with Crippen molar-refractivity contribution in [2.45, 2.75) is 12.5 Å². The highest BCUT2D eigenvalue weighted by Crippen LogP contribution is 2.29. The van der Waals surface area contributed by atoms with Crippen molar-refractivity contribution in [3.8, 4) is 0 Å². The molecule has 4 heteroatoms. The van der Waals surface area contributed by atoms with Crippen LogP contribution in [0.1, 0.15) is 17.2 Å².